The molecule has 1 aromatic carbocycles. The highest BCUT2D eigenvalue weighted by Crippen LogP contribution is 2.23. The molecule has 1 saturated heterocycles. The Morgan fingerprint density at radius 2 is 2.00 bits per heavy atom. The third kappa shape index (κ3) is 4.18. The van der Waals surface area contributed by atoms with Crippen molar-refractivity contribution in [3.8, 4) is 6.07 Å². The van der Waals surface area contributed by atoms with Gasteiger partial charge in [0, 0.05) is 32.0 Å². The third-order valence-electron chi connectivity index (χ3n) is 4.50. The molecule has 1 aromatic heterocycles. The molecule has 3 rings (SSSR count). The third-order valence-corrected chi connectivity index (χ3v) is 5.94. The zero-order chi connectivity index (χ0) is 18.6. The van der Waals surface area contributed by atoms with E-state index < -0.39 is 10.0 Å². The second kappa shape index (κ2) is 7.81. The van der Waals surface area contributed by atoms with Gasteiger partial charge in [0.25, 0.3) is 0 Å². The second-order valence-corrected chi connectivity index (χ2v) is 8.23. The molecule has 0 aliphatic carbocycles. The minimum Gasteiger partial charge on any atom is -0.354 e. The van der Waals surface area contributed by atoms with Crippen LogP contribution in [0.3, 0.4) is 0 Å². The van der Waals surface area contributed by atoms with Crippen LogP contribution in [0.4, 0.5) is 5.82 Å². The molecule has 1 N–H and O–H groups in total. The van der Waals surface area contributed by atoms with Crippen molar-refractivity contribution in [3.63, 3.8) is 0 Å². The molecule has 0 amide bonds. The van der Waals surface area contributed by atoms with Crippen molar-refractivity contribution < 1.29 is 8.42 Å². The molecule has 1 atom stereocenters. The van der Waals surface area contributed by atoms with Gasteiger partial charge in [-0.05, 0) is 37.8 Å². The van der Waals surface area contributed by atoms with E-state index in [0.29, 0.717) is 24.6 Å². The maximum absolute atomic E-state index is 12.4. The van der Waals surface area contributed by atoms with Crippen LogP contribution < -0.4 is 9.62 Å². The molecule has 1 aliphatic heterocycles. The molecule has 8 heteroatoms. The summed E-state index contributed by atoms with van der Waals surface area (Å²) in [5.74, 6) is 0.721. The van der Waals surface area contributed by atoms with Crippen LogP contribution in [0.2, 0.25) is 0 Å². The Bertz CT molecular complexity index is 906. The smallest absolute Gasteiger partial charge is 0.240 e. The predicted octanol–water partition coefficient (Wildman–Crippen LogP) is 1.85. The maximum Gasteiger partial charge on any atom is 0.240 e. The number of sulfonamides is 1. The predicted molar refractivity (Wildman–Crippen MR) is 98.1 cm³/mol. The second-order valence-electron chi connectivity index (χ2n) is 6.46. The van der Waals surface area contributed by atoms with E-state index >= 15 is 0 Å². The van der Waals surface area contributed by atoms with E-state index in [1.807, 2.05) is 11.8 Å². The fourth-order valence-corrected chi connectivity index (χ4v) is 4.21. The molecule has 1 aliphatic rings. The SMILES string of the molecule is Cc1ccc(S(=O)(=O)NCC2CCCN(c3nccnc3C#N)C2)cc1. The lowest BCUT2D eigenvalue weighted by Crippen LogP contribution is -2.41. The number of hydrogen-bond acceptors (Lipinski definition) is 6. The van der Waals surface area contributed by atoms with Crippen LogP contribution in [-0.4, -0.2) is 38.0 Å². The summed E-state index contributed by atoms with van der Waals surface area (Å²) in [5, 5.41) is 9.20. The number of anilines is 1. The number of nitrogens with zero attached hydrogens (tertiary/aromatic N) is 4. The summed E-state index contributed by atoms with van der Waals surface area (Å²) < 4.78 is 27.6. The van der Waals surface area contributed by atoms with Crippen molar-refractivity contribution >= 4 is 15.8 Å². The summed E-state index contributed by atoms with van der Waals surface area (Å²) in [7, 11) is -3.52. The number of hydrogen-bond donors (Lipinski definition) is 1. The molecule has 1 unspecified atom stereocenters. The first-order valence-corrected chi connectivity index (χ1v) is 10.0. The van der Waals surface area contributed by atoms with Crippen LogP contribution in [0.15, 0.2) is 41.6 Å². The number of rotatable bonds is 5. The van der Waals surface area contributed by atoms with E-state index in [-0.39, 0.29) is 10.8 Å². The summed E-state index contributed by atoms with van der Waals surface area (Å²) in [6.45, 7) is 3.70. The Balaban J connectivity index is 1.65. The Labute approximate surface area is 153 Å². The largest absolute Gasteiger partial charge is 0.354 e. The normalized spacial score (nSPS) is 17.7. The summed E-state index contributed by atoms with van der Waals surface area (Å²) in [4.78, 5) is 10.6. The van der Waals surface area contributed by atoms with E-state index in [9.17, 15) is 13.7 Å². The van der Waals surface area contributed by atoms with Gasteiger partial charge < -0.3 is 4.90 Å². The van der Waals surface area contributed by atoms with E-state index in [4.69, 9.17) is 0 Å². The number of nitrogens with one attached hydrogen (secondary N) is 1. The van der Waals surface area contributed by atoms with Crippen LogP contribution in [0.1, 0.15) is 24.1 Å². The van der Waals surface area contributed by atoms with Gasteiger partial charge in [-0.15, -0.1) is 0 Å². The van der Waals surface area contributed by atoms with E-state index in [2.05, 4.69) is 20.8 Å². The standard InChI is InChI=1S/C18H21N5O2S/c1-14-4-6-16(7-5-14)26(24,25)22-12-15-3-2-10-23(13-15)18-17(11-19)20-8-9-21-18/h4-9,15,22H,2-3,10,12-13H2,1H3. The molecule has 136 valence electrons. The quantitative estimate of drug-likeness (QED) is 0.861. The molecule has 26 heavy (non-hydrogen) atoms. The number of nitriles is 1. The van der Waals surface area contributed by atoms with E-state index in [1.165, 1.54) is 6.20 Å². The number of aryl methyl sites for hydroxylation is 1. The van der Waals surface area contributed by atoms with Gasteiger partial charge in [0.05, 0.1) is 4.90 Å². The topological polar surface area (TPSA) is 99.0 Å². The molecule has 0 radical (unpaired) electrons. The highest BCUT2D eigenvalue weighted by Gasteiger charge is 2.25. The first kappa shape index (κ1) is 18.3. The highest BCUT2D eigenvalue weighted by atomic mass is 32.2. The highest BCUT2D eigenvalue weighted by molar-refractivity contribution is 7.89. The van der Waals surface area contributed by atoms with Crippen molar-refractivity contribution in [2.24, 2.45) is 5.92 Å². The van der Waals surface area contributed by atoms with Crippen LogP contribution in [0, 0.1) is 24.2 Å². The van der Waals surface area contributed by atoms with E-state index in [0.717, 1.165) is 24.9 Å². The van der Waals surface area contributed by atoms with Crippen molar-refractivity contribution in [2.45, 2.75) is 24.7 Å². The van der Waals surface area contributed by atoms with Crippen LogP contribution in [0.25, 0.3) is 0 Å². The van der Waals surface area contributed by atoms with Crippen LogP contribution >= 0.6 is 0 Å². The maximum atomic E-state index is 12.4. The fraction of sp³-hybridized carbons (Fsp3) is 0.389. The lowest BCUT2D eigenvalue weighted by Gasteiger charge is -2.33. The Morgan fingerprint density at radius 1 is 1.27 bits per heavy atom. The summed E-state index contributed by atoms with van der Waals surface area (Å²) in [5.41, 5.74) is 1.32. The van der Waals surface area contributed by atoms with Gasteiger partial charge in [0.1, 0.15) is 6.07 Å². The van der Waals surface area contributed by atoms with Crippen molar-refractivity contribution in [1.29, 1.82) is 5.26 Å². The molecule has 1 fully saturated rings. The number of piperidine rings is 1. The minimum absolute atomic E-state index is 0.150. The molecular formula is C18H21N5O2S. The Kier molecular flexibility index (Phi) is 5.49. The molecule has 0 spiro atoms. The Morgan fingerprint density at radius 3 is 2.73 bits per heavy atom. The zero-order valence-electron chi connectivity index (χ0n) is 14.6. The lowest BCUT2D eigenvalue weighted by molar-refractivity contribution is 0.409. The number of aromatic nitrogens is 2. The summed E-state index contributed by atoms with van der Waals surface area (Å²) in [6, 6.07) is 8.86. The fourth-order valence-electron chi connectivity index (χ4n) is 3.09. The molecule has 0 saturated carbocycles. The van der Waals surface area contributed by atoms with Crippen molar-refractivity contribution in [2.75, 3.05) is 24.5 Å². The van der Waals surface area contributed by atoms with Crippen molar-refractivity contribution in [1.82, 2.24) is 14.7 Å². The summed E-state index contributed by atoms with van der Waals surface area (Å²) >= 11 is 0. The van der Waals surface area contributed by atoms with Gasteiger partial charge in [-0.1, -0.05) is 17.7 Å². The molecule has 2 aromatic rings. The van der Waals surface area contributed by atoms with Crippen LogP contribution in [-0.2, 0) is 10.0 Å². The lowest BCUT2D eigenvalue weighted by atomic mass is 9.98. The average Bonchev–Trinajstić information content (AvgIpc) is 2.67. The van der Waals surface area contributed by atoms with E-state index in [1.54, 1.807) is 30.5 Å². The average molecular weight is 371 g/mol. The summed E-state index contributed by atoms with van der Waals surface area (Å²) in [6.07, 6.45) is 4.91. The Hall–Kier alpha value is -2.50. The monoisotopic (exact) mass is 371 g/mol. The first-order chi connectivity index (χ1) is 12.5. The van der Waals surface area contributed by atoms with Crippen molar-refractivity contribution in [3.05, 3.63) is 47.9 Å². The minimum atomic E-state index is -3.52. The van der Waals surface area contributed by atoms with Crippen LogP contribution in [0.5, 0.6) is 0 Å². The van der Waals surface area contributed by atoms with Gasteiger partial charge in [-0.25, -0.2) is 23.1 Å². The molecule has 7 nitrogen and oxygen atoms in total. The van der Waals surface area contributed by atoms with Gasteiger partial charge in [0.15, 0.2) is 11.5 Å². The first-order valence-electron chi connectivity index (χ1n) is 8.52. The molecular weight excluding hydrogens is 350 g/mol. The van der Waals surface area contributed by atoms with Gasteiger partial charge in [-0.3, -0.25) is 0 Å². The van der Waals surface area contributed by atoms with Gasteiger partial charge in [0.2, 0.25) is 10.0 Å². The molecule has 2 heterocycles. The van der Waals surface area contributed by atoms with Gasteiger partial charge in [-0.2, -0.15) is 5.26 Å². The zero-order valence-corrected chi connectivity index (χ0v) is 15.4. The van der Waals surface area contributed by atoms with Gasteiger partial charge >= 0.3 is 0 Å². The molecule has 0 bridgehead atoms. The number of benzene rings is 1.